The van der Waals surface area contributed by atoms with E-state index in [9.17, 15) is 9.59 Å². The summed E-state index contributed by atoms with van der Waals surface area (Å²) in [5, 5.41) is 0. The van der Waals surface area contributed by atoms with Gasteiger partial charge in [-0.15, -0.1) is 0 Å². The van der Waals surface area contributed by atoms with Gasteiger partial charge in [-0.1, -0.05) is 44.2 Å². The molecule has 2 aromatic carbocycles. The molecule has 3 atom stereocenters. The lowest BCUT2D eigenvalue weighted by Gasteiger charge is -2.37. The van der Waals surface area contributed by atoms with Crippen LogP contribution in [0, 0.1) is 5.41 Å². The maximum Gasteiger partial charge on any atom is 0.338 e. The van der Waals surface area contributed by atoms with Crippen molar-refractivity contribution in [3.05, 3.63) is 77.4 Å². The van der Waals surface area contributed by atoms with E-state index in [4.69, 9.17) is 18.9 Å². The van der Waals surface area contributed by atoms with Crippen LogP contribution in [0.15, 0.2) is 66.2 Å². The second-order valence-corrected chi connectivity index (χ2v) is 9.02. The minimum absolute atomic E-state index is 0.326. The molecule has 0 saturated heterocycles. The van der Waals surface area contributed by atoms with E-state index in [0.717, 1.165) is 16.9 Å². The first-order valence-electron chi connectivity index (χ1n) is 11.1. The van der Waals surface area contributed by atoms with Crippen molar-refractivity contribution < 1.29 is 28.5 Å². The summed E-state index contributed by atoms with van der Waals surface area (Å²) in [4.78, 5) is 24.6. The lowest BCUT2D eigenvalue weighted by molar-refractivity contribution is -0.147. The summed E-state index contributed by atoms with van der Waals surface area (Å²) in [7, 11) is 1.62. The van der Waals surface area contributed by atoms with Crippen LogP contribution in [0.5, 0.6) is 5.75 Å². The van der Waals surface area contributed by atoms with Gasteiger partial charge in [0.1, 0.15) is 24.1 Å². The standard InChI is InChI=1S/C27H32O6/c1-18-15-23(31-17-20-11-13-22(30-5)14-12-20)25(27(3,4)16-24(18)32-19(2)28)33-26(29)21-9-7-6-8-10-21/h6-15,23-25H,16-17H2,1-5H3. The smallest absolute Gasteiger partial charge is 0.338 e. The molecule has 3 unspecified atom stereocenters. The van der Waals surface area contributed by atoms with Gasteiger partial charge in [0.05, 0.1) is 19.3 Å². The highest BCUT2D eigenvalue weighted by Crippen LogP contribution is 2.39. The number of methoxy groups -OCH3 is 1. The second kappa shape index (κ2) is 10.7. The zero-order valence-electron chi connectivity index (χ0n) is 19.9. The summed E-state index contributed by atoms with van der Waals surface area (Å²) in [6.45, 7) is 7.64. The number of esters is 2. The average Bonchev–Trinajstić information content (AvgIpc) is 2.87. The van der Waals surface area contributed by atoms with E-state index in [0.29, 0.717) is 18.6 Å². The van der Waals surface area contributed by atoms with Crippen LogP contribution in [-0.4, -0.2) is 37.4 Å². The molecule has 0 amide bonds. The van der Waals surface area contributed by atoms with E-state index in [1.54, 1.807) is 31.4 Å². The fourth-order valence-electron chi connectivity index (χ4n) is 4.02. The van der Waals surface area contributed by atoms with Gasteiger partial charge in [-0.05, 0) is 54.8 Å². The summed E-state index contributed by atoms with van der Waals surface area (Å²) in [5.41, 5.74) is 1.79. The fraction of sp³-hybridized carbons (Fsp3) is 0.407. The molecule has 0 fully saturated rings. The van der Waals surface area contributed by atoms with E-state index in [-0.39, 0.29) is 5.97 Å². The minimum Gasteiger partial charge on any atom is -0.497 e. The number of hydrogen-bond acceptors (Lipinski definition) is 6. The van der Waals surface area contributed by atoms with Gasteiger partial charge in [-0.3, -0.25) is 4.79 Å². The molecule has 0 heterocycles. The Morgan fingerprint density at radius 2 is 1.67 bits per heavy atom. The molecule has 33 heavy (non-hydrogen) atoms. The number of carbonyl (C=O) groups excluding carboxylic acids is 2. The number of hydrogen-bond donors (Lipinski definition) is 0. The molecule has 2 aromatic rings. The van der Waals surface area contributed by atoms with Gasteiger partial charge in [0, 0.05) is 12.3 Å². The Bertz CT molecular complexity index is 977. The van der Waals surface area contributed by atoms with Crippen molar-refractivity contribution in [3.63, 3.8) is 0 Å². The predicted octanol–water partition coefficient (Wildman–Crippen LogP) is 5.11. The van der Waals surface area contributed by atoms with Crippen LogP contribution in [-0.2, 0) is 25.6 Å². The molecular formula is C27H32O6. The monoisotopic (exact) mass is 452 g/mol. The SMILES string of the molecule is COc1ccc(COC2C=C(C)C(OC(C)=O)CC(C)(C)C2OC(=O)c2ccccc2)cc1. The zero-order chi connectivity index (χ0) is 24.0. The van der Waals surface area contributed by atoms with Crippen LogP contribution in [0.4, 0.5) is 0 Å². The summed E-state index contributed by atoms with van der Waals surface area (Å²) in [5.74, 6) is 0.00618. The van der Waals surface area contributed by atoms with Gasteiger partial charge in [0.25, 0.3) is 0 Å². The van der Waals surface area contributed by atoms with Crippen molar-refractivity contribution in [2.75, 3.05) is 7.11 Å². The van der Waals surface area contributed by atoms with Crippen molar-refractivity contribution >= 4 is 11.9 Å². The molecule has 6 nitrogen and oxygen atoms in total. The summed E-state index contributed by atoms with van der Waals surface area (Å²) >= 11 is 0. The van der Waals surface area contributed by atoms with E-state index in [1.807, 2.05) is 57.2 Å². The van der Waals surface area contributed by atoms with Crippen molar-refractivity contribution in [3.8, 4) is 5.75 Å². The van der Waals surface area contributed by atoms with Gasteiger partial charge in [0.15, 0.2) is 0 Å². The fourth-order valence-corrected chi connectivity index (χ4v) is 4.02. The molecule has 0 aliphatic heterocycles. The Morgan fingerprint density at radius 1 is 1.00 bits per heavy atom. The molecule has 176 valence electrons. The van der Waals surface area contributed by atoms with Crippen molar-refractivity contribution in [1.82, 2.24) is 0 Å². The highest BCUT2D eigenvalue weighted by molar-refractivity contribution is 5.89. The van der Waals surface area contributed by atoms with Crippen molar-refractivity contribution in [1.29, 1.82) is 0 Å². The van der Waals surface area contributed by atoms with Gasteiger partial charge < -0.3 is 18.9 Å². The summed E-state index contributed by atoms with van der Waals surface area (Å²) in [6, 6.07) is 16.5. The van der Waals surface area contributed by atoms with Crippen LogP contribution in [0.1, 0.15) is 50.0 Å². The van der Waals surface area contributed by atoms with Crippen LogP contribution in [0.2, 0.25) is 0 Å². The molecule has 1 aliphatic carbocycles. The molecular weight excluding hydrogens is 420 g/mol. The normalized spacial score (nSPS) is 22.0. The van der Waals surface area contributed by atoms with Crippen LogP contribution < -0.4 is 4.74 Å². The third-order valence-corrected chi connectivity index (χ3v) is 5.87. The van der Waals surface area contributed by atoms with Gasteiger partial charge in [0.2, 0.25) is 0 Å². The molecule has 0 N–H and O–H groups in total. The highest BCUT2D eigenvalue weighted by atomic mass is 16.6. The maximum absolute atomic E-state index is 12.9. The Morgan fingerprint density at radius 3 is 2.27 bits per heavy atom. The maximum atomic E-state index is 12.9. The zero-order valence-corrected chi connectivity index (χ0v) is 19.9. The highest BCUT2D eigenvalue weighted by Gasteiger charge is 2.44. The third-order valence-electron chi connectivity index (χ3n) is 5.87. The minimum atomic E-state index is -0.584. The number of rotatable bonds is 7. The lowest BCUT2D eigenvalue weighted by atomic mass is 9.80. The number of carbonyl (C=O) groups is 2. The number of ether oxygens (including phenoxy) is 4. The van der Waals surface area contributed by atoms with Gasteiger partial charge >= 0.3 is 11.9 Å². The molecule has 0 aromatic heterocycles. The van der Waals surface area contributed by atoms with Crippen molar-refractivity contribution in [2.24, 2.45) is 5.41 Å². The van der Waals surface area contributed by atoms with E-state index in [2.05, 4.69) is 0 Å². The average molecular weight is 453 g/mol. The molecule has 0 radical (unpaired) electrons. The van der Waals surface area contributed by atoms with Crippen molar-refractivity contribution in [2.45, 2.75) is 59.0 Å². The molecule has 0 saturated carbocycles. The van der Waals surface area contributed by atoms with Gasteiger partial charge in [-0.2, -0.15) is 0 Å². The first-order valence-corrected chi connectivity index (χ1v) is 11.1. The largest absolute Gasteiger partial charge is 0.497 e. The topological polar surface area (TPSA) is 71.1 Å². The number of benzene rings is 2. The molecule has 3 rings (SSSR count). The quantitative estimate of drug-likeness (QED) is 0.429. The molecule has 6 heteroatoms. The first-order chi connectivity index (χ1) is 15.7. The summed E-state index contributed by atoms with van der Waals surface area (Å²) in [6.07, 6.45) is 0.901. The Hall–Kier alpha value is -3.12. The van der Waals surface area contributed by atoms with Crippen LogP contribution in [0.25, 0.3) is 0 Å². The van der Waals surface area contributed by atoms with E-state index >= 15 is 0 Å². The third kappa shape index (κ3) is 6.45. The Balaban J connectivity index is 1.88. The summed E-state index contributed by atoms with van der Waals surface area (Å²) < 4.78 is 23.1. The lowest BCUT2D eigenvalue weighted by Crippen LogP contribution is -2.44. The molecule has 0 bridgehead atoms. The Labute approximate surface area is 195 Å². The van der Waals surface area contributed by atoms with Crippen LogP contribution in [0.3, 0.4) is 0 Å². The first kappa shape index (κ1) is 24.5. The van der Waals surface area contributed by atoms with Gasteiger partial charge in [-0.25, -0.2) is 4.79 Å². The van der Waals surface area contributed by atoms with E-state index in [1.165, 1.54) is 6.92 Å². The molecule has 1 aliphatic rings. The van der Waals surface area contributed by atoms with E-state index < -0.39 is 29.7 Å². The van der Waals surface area contributed by atoms with Crippen LogP contribution >= 0.6 is 0 Å². The second-order valence-electron chi connectivity index (χ2n) is 9.02. The Kier molecular flexibility index (Phi) is 7.92. The molecule has 0 spiro atoms. The predicted molar refractivity (Wildman–Crippen MR) is 125 cm³/mol.